The first-order chi connectivity index (χ1) is 13.1. The summed E-state index contributed by atoms with van der Waals surface area (Å²) in [5, 5.41) is 2.05. The molecule has 0 bridgehead atoms. The highest BCUT2D eigenvalue weighted by molar-refractivity contribution is 5.94. The van der Waals surface area contributed by atoms with Crippen LogP contribution in [0.2, 0.25) is 0 Å². The monoisotopic (exact) mass is 386 g/mol. The van der Waals surface area contributed by atoms with Crippen molar-refractivity contribution < 1.29 is 22.7 Å². The number of hydrogen-bond donors (Lipinski definition) is 0. The van der Waals surface area contributed by atoms with Gasteiger partial charge in [-0.15, -0.1) is 0 Å². The normalized spacial score (nSPS) is 11.9. The van der Waals surface area contributed by atoms with E-state index >= 15 is 0 Å². The molecule has 0 fully saturated rings. The molecule has 0 atom stereocenters. The summed E-state index contributed by atoms with van der Waals surface area (Å²) in [6.45, 7) is 8.02. The lowest BCUT2D eigenvalue weighted by Crippen LogP contribution is -2.12. The van der Waals surface area contributed by atoms with Crippen molar-refractivity contribution in [2.24, 2.45) is 0 Å². The van der Waals surface area contributed by atoms with Gasteiger partial charge in [-0.1, -0.05) is 32.0 Å². The van der Waals surface area contributed by atoms with Gasteiger partial charge in [-0.05, 0) is 77.6 Å². The Morgan fingerprint density at radius 2 is 1.64 bits per heavy atom. The number of halogens is 3. The zero-order valence-electron chi connectivity index (χ0n) is 16.1. The second-order valence-electron chi connectivity index (χ2n) is 7.26. The molecule has 0 aliphatic carbocycles. The van der Waals surface area contributed by atoms with Crippen LogP contribution in [0.3, 0.4) is 0 Å². The molecule has 0 radical (unpaired) electrons. The summed E-state index contributed by atoms with van der Waals surface area (Å²) in [5.41, 5.74) is 1.96. The van der Waals surface area contributed by atoms with E-state index in [0.29, 0.717) is 11.7 Å². The zero-order valence-corrected chi connectivity index (χ0v) is 16.1. The number of rotatable bonds is 3. The minimum atomic E-state index is -4.51. The molecule has 0 unspecified atom stereocenters. The van der Waals surface area contributed by atoms with Crippen molar-refractivity contribution in [3.05, 3.63) is 76.3 Å². The molecule has 0 saturated carbocycles. The van der Waals surface area contributed by atoms with Crippen LogP contribution in [0.5, 0.6) is 5.75 Å². The molecule has 5 heteroatoms. The van der Waals surface area contributed by atoms with Crippen LogP contribution >= 0.6 is 0 Å². The lowest BCUT2D eigenvalue weighted by atomic mass is 9.92. The Hall–Kier alpha value is -2.82. The van der Waals surface area contributed by atoms with E-state index in [9.17, 15) is 18.0 Å². The average molecular weight is 386 g/mol. The maximum atomic E-state index is 12.9. The Morgan fingerprint density at radius 3 is 2.29 bits per heavy atom. The summed E-state index contributed by atoms with van der Waals surface area (Å²) in [5.74, 6) is -0.133. The Kier molecular flexibility index (Phi) is 5.20. The van der Waals surface area contributed by atoms with E-state index in [1.807, 2.05) is 26.0 Å². The maximum Gasteiger partial charge on any atom is 0.416 e. The topological polar surface area (TPSA) is 26.3 Å². The van der Waals surface area contributed by atoms with E-state index in [0.717, 1.165) is 34.0 Å². The van der Waals surface area contributed by atoms with Crippen LogP contribution < -0.4 is 4.74 Å². The van der Waals surface area contributed by atoms with Crippen molar-refractivity contribution in [1.82, 2.24) is 0 Å². The van der Waals surface area contributed by atoms with Crippen LogP contribution in [0.1, 0.15) is 52.4 Å². The predicted molar refractivity (Wildman–Crippen MR) is 104 cm³/mol. The van der Waals surface area contributed by atoms with Crippen LogP contribution in [0.4, 0.5) is 13.2 Å². The molecule has 3 aromatic carbocycles. The van der Waals surface area contributed by atoms with Crippen LogP contribution in [-0.2, 0) is 6.18 Å². The van der Waals surface area contributed by atoms with Crippen molar-refractivity contribution in [2.45, 2.75) is 39.8 Å². The van der Waals surface area contributed by atoms with E-state index in [4.69, 9.17) is 4.74 Å². The van der Waals surface area contributed by atoms with Crippen molar-refractivity contribution in [3.63, 3.8) is 0 Å². The Morgan fingerprint density at radius 1 is 0.929 bits per heavy atom. The lowest BCUT2D eigenvalue weighted by molar-refractivity contribution is -0.137. The van der Waals surface area contributed by atoms with Gasteiger partial charge in [0.1, 0.15) is 5.75 Å². The molecular formula is C23H21F3O2. The number of aryl methyl sites for hydroxylation is 2. The highest BCUT2D eigenvalue weighted by Gasteiger charge is 2.31. The number of alkyl halides is 3. The molecule has 2 nitrogen and oxygen atoms in total. The number of ether oxygens (including phenoxy) is 1. The maximum absolute atomic E-state index is 12.9. The van der Waals surface area contributed by atoms with E-state index in [1.165, 1.54) is 17.7 Å². The summed E-state index contributed by atoms with van der Waals surface area (Å²) in [6.07, 6.45) is -4.51. The fourth-order valence-electron chi connectivity index (χ4n) is 3.24. The highest BCUT2D eigenvalue weighted by atomic mass is 19.4. The van der Waals surface area contributed by atoms with Gasteiger partial charge in [-0.2, -0.15) is 13.2 Å². The number of carbonyl (C=O) groups is 1. The third-order valence-electron chi connectivity index (χ3n) is 4.81. The van der Waals surface area contributed by atoms with Crippen LogP contribution in [0.15, 0.2) is 48.5 Å². The van der Waals surface area contributed by atoms with Gasteiger partial charge in [-0.25, -0.2) is 4.79 Å². The minimum absolute atomic E-state index is 0.137. The van der Waals surface area contributed by atoms with Gasteiger partial charge in [0.2, 0.25) is 0 Å². The number of hydrogen-bond acceptors (Lipinski definition) is 2. The van der Waals surface area contributed by atoms with Crippen molar-refractivity contribution >= 4 is 16.7 Å². The molecule has 28 heavy (non-hydrogen) atoms. The van der Waals surface area contributed by atoms with Gasteiger partial charge in [0, 0.05) is 0 Å². The van der Waals surface area contributed by atoms with E-state index in [2.05, 4.69) is 19.9 Å². The van der Waals surface area contributed by atoms with Gasteiger partial charge in [0.05, 0.1) is 11.1 Å². The van der Waals surface area contributed by atoms with E-state index < -0.39 is 17.7 Å². The van der Waals surface area contributed by atoms with Gasteiger partial charge in [0.15, 0.2) is 0 Å². The Balaban J connectivity index is 2.00. The first-order valence-corrected chi connectivity index (χ1v) is 9.01. The average Bonchev–Trinajstić information content (AvgIpc) is 2.62. The summed E-state index contributed by atoms with van der Waals surface area (Å²) < 4.78 is 44.1. The molecule has 3 rings (SSSR count). The van der Waals surface area contributed by atoms with Gasteiger partial charge >= 0.3 is 12.1 Å². The molecule has 0 spiro atoms. The molecular weight excluding hydrogens is 365 g/mol. The summed E-state index contributed by atoms with van der Waals surface area (Å²) >= 11 is 0. The fraction of sp³-hybridized carbons (Fsp3) is 0.261. The Labute approximate surface area is 161 Å². The number of benzene rings is 3. The molecule has 146 valence electrons. The zero-order chi connectivity index (χ0) is 20.6. The van der Waals surface area contributed by atoms with Crippen molar-refractivity contribution in [2.75, 3.05) is 0 Å². The van der Waals surface area contributed by atoms with E-state index in [1.54, 1.807) is 6.07 Å². The number of carbonyl (C=O) groups excluding carboxylic acids is 1. The molecule has 0 aromatic heterocycles. The summed E-state index contributed by atoms with van der Waals surface area (Å²) in [7, 11) is 0. The lowest BCUT2D eigenvalue weighted by Gasteiger charge is -2.15. The molecule has 0 heterocycles. The summed E-state index contributed by atoms with van der Waals surface area (Å²) in [6, 6.07) is 12.1. The predicted octanol–water partition coefficient (Wildman–Crippen LogP) is 6.82. The largest absolute Gasteiger partial charge is 0.423 e. The molecule has 0 aliphatic heterocycles. The van der Waals surface area contributed by atoms with Gasteiger partial charge in [-0.3, -0.25) is 0 Å². The SMILES string of the molecule is Cc1cc2c(C(C)C)ccc(C)c2cc1OC(=O)c1cccc(C(F)(F)F)c1. The molecule has 0 N–H and O–H groups in total. The van der Waals surface area contributed by atoms with Crippen molar-refractivity contribution in [3.8, 4) is 5.75 Å². The molecule has 0 saturated heterocycles. The second-order valence-corrected chi connectivity index (χ2v) is 7.26. The standard InChI is InChI=1S/C23H21F3O2/c1-13(2)18-9-8-14(3)19-12-21(15(4)10-20(18)19)28-22(27)16-6-5-7-17(11-16)23(24,25)26/h5-13H,1-4H3. The van der Waals surface area contributed by atoms with Gasteiger partial charge < -0.3 is 4.74 Å². The first-order valence-electron chi connectivity index (χ1n) is 9.01. The molecule has 3 aromatic rings. The van der Waals surface area contributed by atoms with Crippen LogP contribution in [0.25, 0.3) is 10.8 Å². The Bertz CT molecular complexity index is 1050. The molecule has 0 amide bonds. The van der Waals surface area contributed by atoms with Gasteiger partial charge in [0.25, 0.3) is 0 Å². The number of esters is 1. The third-order valence-corrected chi connectivity index (χ3v) is 4.81. The quantitative estimate of drug-likeness (QED) is 0.365. The molecule has 0 aliphatic rings. The number of fused-ring (bicyclic) bond motifs is 1. The van der Waals surface area contributed by atoms with E-state index in [-0.39, 0.29) is 5.56 Å². The smallest absolute Gasteiger partial charge is 0.416 e. The fourth-order valence-corrected chi connectivity index (χ4v) is 3.24. The third kappa shape index (κ3) is 3.88. The first kappa shape index (κ1) is 19.9. The van der Waals surface area contributed by atoms with Crippen molar-refractivity contribution in [1.29, 1.82) is 0 Å². The highest BCUT2D eigenvalue weighted by Crippen LogP contribution is 2.34. The van der Waals surface area contributed by atoms with Crippen LogP contribution in [0, 0.1) is 13.8 Å². The second kappa shape index (κ2) is 7.30. The van der Waals surface area contributed by atoms with Crippen LogP contribution in [-0.4, -0.2) is 5.97 Å². The minimum Gasteiger partial charge on any atom is -0.423 e. The summed E-state index contributed by atoms with van der Waals surface area (Å²) in [4.78, 5) is 12.5.